The van der Waals surface area contributed by atoms with Crippen LogP contribution in [0.4, 0.5) is 0 Å². The van der Waals surface area contributed by atoms with Crippen LogP contribution in [0.5, 0.6) is 0 Å². The molecule has 0 N–H and O–H groups in total. The van der Waals surface area contributed by atoms with Crippen LogP contribution in [-0.2, 0) is 0 Å². The molecule has 64 valence electrons. The lowest BCUT2D eigenvalue weighted by Crippen LogP contribution is -1.73. The fourth-order valence-corrected chi connectivity index (χ4v) is 0.854. The zero-order chi connectivity index (χ0) is 8.24. The van der Waals surface area contributed by atoms with E-state index in [1.165, 1.54) is 38.5 Å². The normalized spacial score (nSPS) is 8.40. The van der Waals surface area contributed by atoms with Gasteiger partial charge in [0.15, 0.2) is 0 Å². The van der Waals surface area contributed by atoms with Gasteiger partial charge < -0.3 is 4.66 Å². The van der Waals surface area contributed by atoms with E-state index in [0.717, 1.165) is 0 Å². The van der Waals surface area contributed by atoms with Gasteiger partial charge in [0.25, 0.3) is 0 Å². The van der Waals surface area contributed by atoms with Crippen molar-refractivity contribution in [3.63, 3.8) is 0 Å². The lowest BCUT2D eigenvalue weighted by Gasteiger charge is -1.93. The van der Waals surface area contributed by atoms with E-state index in [-0.39, 0.29) is 0 Å². The van der Waals surface area contributed by atoms with Crippen LogP contribution in [0.2, 0.25) is 0 Å². The highest BCUT2D eigenvalue weighted by atomic mass is 35.5. The van der Waals surface area contributed by atoms with Crippen LogP contribution in [0, 0.1) is 0 Å². The molecule has 0 aromatic heterocycles. The second kappa shape index (κ2) is 16.1. The minimum Gasteiger partial charge on any atom is -0.769 e. The van der Waals surface area contributed by atoms with Crippen molar-refractivity contribution in [2.45, 2.75) is 52.4 Å². The first-order chi connectivity index (χ1) is 4.91. The Kier molecular flexibility index (Phi) is 20.8. The summed E-state index contributed by atoms with van der Waals surface area (Å²) in [6.07, 6.45) is 8.49. The van der Waals surface area contributed by atoms with E-state index >= 15 is 0 Å². The first kappa shape index (κ1) is 12.9. The van der Waals surface area contributed by atoms with Crippen molar-refractivity contribution >= 4 is 11.9 Å². The first-order valence-electron chi connectivity index (χ1n) is 4.07. The molecule has 0 aromatic carbocycles. The predicted octanol–water partition coefficient (Wildman–Crippen LogP) is 2.87. The van der Waals surface area contributed by atoms with Gasteiger partial charge in [-0.3, -0.25) is 0 Å². The molecule has 10 heavy (non-hydrogen) atoms. The highest BCUT2D eigenvalue weighted by Gasteiger charge is 1.83. The van der Waals surface area contributed by atoms with Crippen molar-refractivity contribution in [3.8, 4) is 0 Å². The van der Waals surface area contributed by atoms with Gasteiger partial charge in [-0.2, -0.15) is 0 Å². The molecule has 0 aliphatic carbocycles. The van der Waals surface area contributed by atoms with Crippen molar-refractivity contribution in [2.24, 2.45) is 0 Å². The second-order valence-electron chi connectivity index (χ2n) is 2.41. The molecule has 0 radical (unpaired) electrons. The molecule has 0 amide bonds. The van der Waals surface area contributed by atoms with Gasteiger partial charge >= 0.3 is 0 Å². The Bertz CT molecular complexity index is 34.2. The molecule has 0 aliphatic rings. The Hall–Kier alpha value is 0.250. The Balaban J connectivity index is 0. The van der Waals surface area contributed by atoms with Gasteiger partial charge in [-0.05, 0) is 0 Å². The van der Waals surface area contributed by atoms with Gasteiger partial charge in [-0.15, -0.1) is 0 Å². The second-order valence-corrected chi connectivity index (χ2v) is 2.41. The van der Waals surface area contributed by atoms with Gasteiger partial charge in [0.1, 0.15) is 0 Å². The highest BCUT2D eigenvalue weighted by molar-refractivity contribution is 6.02. The van der Waals surface area contributed by atoms with Gasteiger partial charge in [-0.1, -0.05) is 52.4 Å². The maximum Gasteiger partial charge on any atom is -0.0533 e. The lowest BCUT2D eigenvalue weighted by molar-refractivity contribution is -0.166. The topological polar surface area (TPSA) is 23.1 Å². The highest BCUT2D eigenvalue weighted by Crippen LogP contribution is 2.03. The standard InChI is InChI=1S/C8H18.ClO/c1-3-5-7-8-6-4-2;1-2/h3-8H2,1-2H3;/q;-1. The van der Waals surface area contributed by atoms with Gasteiger partial charge in [-0.25, -0.2) is 11.9 Å². The maximum atomic E-state index is 7.72. The number of rotatable bonds is 5. The van der Waals surface area contributed by atoms with Crippen LogP contribution in [0.25, 0.3) is 0 Å². The van der Waals surface area contributed by atoms with Crippen molar-refractivity contribution in [1.82, 2.24) is 0 Å². The molecule has 0 saturated heterocycles. The van der Waals surface area contributed by atoms with E-state index in [1.54, 1.807) is 0 Å². The van der Waals surface area contributed by atoms with E-state index < -0.39 is 0 Å². The SMILES string of the molecule is CCCCCCCC.[O-]Cl. The minimum absolute atomic E-state index is 1.36. The van der Waals surface area contributed by atoms with E-state index in [1.807, 2.05) is 0 Å². The Labute approximate surface area is 69.6 Å². The van der Waals surface area contributed by atoms with Crippen molar-refractivity contribution in [1.29, 1.82) is 0 Å². The molecule has 1 nitrogen and oxygen atoms in total. The van der Waals surface area contributed by atoms with E-state index in [2.05, 4.69) is 25.7 Å². The van der Waals surface area contributed by atoms with Gasteiger partial charge in [0, 0.05) is 0 Å². The predicted molar refractivity (Wildman–Crippen MR) is 44.9 cm³/mol. The fraction of sp³-hybridized carbons (Fsp3) is 1.00. The summed E-state index contributed by atoms with van der Waals surface area (Å²) in [5.74, 6) is 0. The van der Waals surface area contributed by atoms with Crippen molar-refractivity contribution in [2.75, 3.05) is 0 Å². The zero-order valence-corrected chi connectivity index (χ0v) is 7.78. The molecule has 0 rings (SSSR count). The molecule has 0 atom stereocenters. The first-order valence-corrected chi connectivity index (χ1v) is 4.38. The average molecular weight is 166 g/mol. The molecule has 0 saturated carbocycles. The molecule has 0 aliphatic heterocycles. The summed E-state index contributed by atoms with van der Waals surface area (Å²) in [5, 5.41) is 0. The van der Waals surface area contributed by atoms with Crippen LogP contribution in [0.3, 0.4) is 0 Å². The van der Waals surface area contributed by atoms with Crippen molar-refractivity contribution < 1.29 is 4.66 Å². The van der Waals surface area contributed by atoms with E-state index in [4.69, 9.17) is 4.66 Å². The summed E-state index contributed by atoms with van der Waals surface area (Å²) < 4.78 is 7.72. The molecular formula is C8H18ClO-. The van der Waals surface area contributed by atoms with Crippen molar-refractivity contribution in [3.05, 3.63) is 0 Å². The summed E-state index contributed by atoms with van der Waals surface area (Å²) in [6.45, 7) is 4.51. The summed E-state index contributed by atoms with van der Waals surface area (Å²) in [4.78, 5) is 0. The summed E-state index contributed by atoms with van der Waals surface area (Å²) in [6, 6.07) is 0. The monoisotopic (exact) mass is 165 g/mol. The molecule has 0 spiro atoms. The van der Waals surface area contributed by atoms with E-state index in [0.29, 0.717) is 0 Å². The molecule has 0 unspecified atom stereocenters. The lowest BCUT2D eigenvalue weighted by atomic mass is 10.1. The molecule has 2 heteroatoms. The van der Waals surface area contributed by atoms with Crippen LogP contribution in [-0.4, -0.2) is 0 Å². The van der Waals surface area contributed by atoms with E-state index in [9.17, 15) is 0 Å². The summed E-state index contributed by atoms with van der Waals surface area (Å²) >= 11 is 3.39. The minimum atomic E-state index is 1.36. The zero-order valence-electron chi connectivity index (χ0n) is 7.03. The average Bonchev–Trinajstić information content (AvgIpc) is 2.02. The molecule has 0 aromatic rings. The summed E-state index contributed by atoms with van der Waals surface area (Å²) in [5.41, 5.74) is 0. The molecule has 0 heterocycles. The van der Waals surface area contributed by atoms with Gasteiger partial charge in [0.2, 0.25) is 0 Å². The Morgan fingerprint density at radius 1 is 0.800 bits per heavy atom. The Morgan fingerprint density at radius 3 is 1.30 bits per heavy atom. The maximum absolute atomic E-state index is 7.72. The summed E-state index contributed by atoms with van der Waals surface area (Å²) in [7, 11) is 0. The van der Waals surface area contributed by atoms with Crippen LogP contribution < -0.4 is 4.66 Å². The van der Waals surface area contributed by atoms with Crippen LogP contribution >= 0.6 is 11.9 Å². The number of hydrogen-bond acceptors (Lipinski definition) is 1. The third kappa shape index (κ3) is 15.7. The fourth-order valence-electron chi connectivity index (χ4n) is 0.854. The molecule has 0 bridgehead atoms. The largest absolute Gasteiger partial charge is 0.769 e. The molecule has 0 fully saturated rings. The quantitative estimate of drug-likeness (QED) is 0.575. The smallest absolute Gasteiger partial charge is 0.0533 e. The molecular weight excluding hydrogens is 148 g/mol. The van der Waals surface area contributed by atoms with Crippen LogP contribution in [0.1, 0.15) is 52.4 Å². The number of hydrogen-bond donors (Lipinski definition) is 0. The number of unbranched alkanes of at least 4 members (excludes halogenated alkanes) is 5. The Morgan fingerprint density at radius 2 is 1.10 bits per heavy atom. The number of halogens is 1. The van der Waals surface area contributed by atoms with Crippen LogP contribution in [0.15, 0.2) is 0 Å². The van der Waals surface area contributed by atoms with Gasteiger partial charge in [0.05, 0.1) is 0 Å². The third-order valence-corrected chi connectivity index (χ3v) is 1.46. The third-order valence-electron chi connectivity index (χ3n) is 1.46.